The van der Waals surface area contributed by atoms with Crippen LogP contribution in [0, 0.1) is 0 Å². The Morgan fingerprint density at radius 2 is 1.19 bits per heavy atom. The number of benzene rings is 3. The smallest absolute Gasteiger partial charge is 0.142 e. The predicted molar refractivity (Wildman–Crippen MR) is 161 cm³/mol. The number of hydrogen-bond acceptors (Lipinski definition) is 5. The molecule has 0 amide bonds. The van der Waals surface area contributed by atoms with Gasteiger partial charge in [-0.15, -0.1) is 23.5 Å². The molecule has 198 valence electrons. The van der Waals surface area contributed by atoms with Crippen LogP contribution in [0.2, 0.25) is 0 Å². The molecule has 0 aliphatic carbocycles. The minimum absolute atomic E-state index is 0.287. The van der Waals surface area contributed by atoms with E-state index in [1.165, 1.54) is 16.7 Å². The lowest BCUT2D eigenvalue weighted by Gasteiger charge is -2.40. The van der Waals surface area contributed by atoms with Crippen LogP contribution in [0.4, 0.5) is 0 Å². The summed E-state index contributed by atoms with van der Waals surface area (Å²) in [7, 11) is 0. The summed E-state index contributed by atoms with van der Waals surface area (Å²) in [5, 5.41) is 12.0. The standard InChI is InChI=1S/C32H42N2OS2/c1-5-24(3)36-29-21-26(22-30(32(29)35)37-25(4)6-2)23-33-17-19-34(20-18-33)31(27-13-9-7-10-14-27)28-15-11-8-12-16-28/h7-16,21-22,24-25,31,35H,5-6,17-20,23H2,1-4H3. The largest absolute Gasteiger partial charge is 0.506 e. The lowest BCUT2D eigenvalue weighted by atomic mass is 9.96. The molecule has 3 nitrogen and oxygen atoms in total. The highest BCUT2D eigenvalue weighted by Crippen LogP contribution is 2.42. The fourth-order valence-corrected chi connectivity index (χ4v) is 6.98. The number of phenolic OH excluding ortho intramolecular Hbond substituents is 1. The molecule has 3 aromatic carbocycles. The molecule has 2 unspecified atom stereocenters. The van der Waals surface area contributed by atoms with E-state index in [0.717, 1.165) is 55.4 Å². The fraction of sp³-hybridized carbons (Fsp3) is 0.438. The van der Waals surface area contributed by atoms with Gasteiger partial charge in [0.1, 0.15) is 5.75 Å². The van der Waals surface area contributed by atoms with E-state index in [1.54, 1.807) is 23.5 Å². The minimum Gasteiger partial charge on any atom is -0.506 e. The lowest BCUT2D eigenvalue weighted by Crippen LogP contribution is -2.47. The van der Waals surface area contributed by atoms with E-state index in [9.17, 15) is 5.11 Å². The molecule has 1 heterocycles. The maximum Gasteiger partial charge on any atom is 0.142 e. The molecule has 3 aromatic rings. The highest BCUT2D eigenvalue weighted by molar-refractivity contribution is 8.00. The van der Waals surface area contributed by atoms with Crippen LogP contribution in [0.3, 0.4) is 0 Å². The second-order valence-corrected chi connectivity index (χ2v) is 13.1. The van der Waals surface area contributed by atoms with Gasteiger partial charge < -0.3 is 5.11 Å². The predicted octanol–water partition coefficient (Wildman–Crippen LogP) is 8.08. The first-order valence-electron chi connectivity index (χ1n) is 13.7. The lowest BCUT2D eigenvalue weighted by molar-refractivity contribution is 0.105. The van der Waals surface area contributed by atoms with Gasteiger partial charge >= 0.3 is 0 Å². The molecule has 5 heteroatoms. The molecule has 1 aliphatic rings. The minimum atomic E-state index is 0.287. The Hall–Kier alpha value is -1.92. The van der Waals surface area contributed by atoms with Gasteiger partial charge in [0.05, 0.1) is 15.8 Å². The normalized spacial score (nSPS) is 16.7. The van der Waals surface area contributed by atoms with Crippen molar-refractivity contribution in [2.75, 3.05) is 26.2 Å². The second-order valence-electron chi connectivity index (χ2n) is 10.2. The molecular formula is C32H42N2OS2. The summed E-state index contributed by atoms with van der Waals surface area (Å²) in [6.07, 6.45) is 2.18. The van der Waals surface area contributed by atoms with E-state index in [1.807, 2.05) is 0 Å². The summed E-state index contributed by atoms with van der Waals surface area (Å²) in [4.78, 5) is 7.27. The number of hydrogen-bond donors (Lipinski definition) is 1. The molecule has 0 radical (unpaired) electrons. The van der Waals surface area contributed by atoms with Crippen LogP contribution in [0.25, 0.3) is 0 Å². The maximum absolute atomic E-state index is 11.1. The zero-order chi connectivity index (χ0) is 26.2. The van der Waals surface area contributed by atoms with Crippen molar-refractivity contribution in [3.63, 3.8) is 0 Å². The summed E-state index contributed by atoms with van der Waals surface area (Å²) < 4.78 is 0. The van der Waals surface area contributed by atoms with E-state index in [4.69, 9.17) is 0 Å². The van der Waals surface area contributed by atoms with Crippen LogP contribution in [0.1, 0.15) is 63.3 Å². The van der Waals surface area contributed by atoms with Gasteiger partial charge in [-0.1, -0.05) is 88.4 Å². The average Bonchev–Trinajstić information content (AvgIpc) is 2.93. The summed E-state index contributed by atoms with van der Waals surface area (Å²) in [5.41, 5.74) is 4.03. The highest BCUT2D eigenvalue weighted by atomic mass is 32.2. The van der Waals surface area contributed by atoms with E-state index in [2.05, 4.69) is 110 Å². The zero-order valence-corrected chi connectivity index (χ0v) is 24.4. The first-order chi connectivity index (χ1) is 18.0. The van der Waals surface area contributed by atoms with Gasteiger partial charge in [-0.05, 0) is 41.7 Å². The van der Waals surface area contributed by atoms with Crippen molar-refractivity contribution in [3.05, 3.63) is 89.5 Å². The van der Waals surface area contributed by atoms with Crippen molar-refractivity contribution in [1.82, 2.24) is 9.80 Å². The summed E-state index contributed by atoms with van der Waals surface area (Å²) in [6, 6.07) is 26.6. The molecule has 1 saturated heterocycles. The third kappa shape index (κ3) is 7.57. The molecule has 0 bridgehead atoms. The number of piperazine rings is 1. The van der Waals surface area contributed by atoms with Crippen LogP contribution < -0.4 is 0 Å². The Kier molecular flexibility index (Phi) is 10.4. The first kappa shape index (κ1) is 28.1. The number of rotatable bonds is 11. The first-order valence-corrected chi connectivity index (χ1v) is 15.5. The summed E-state index contributed by atoms with van der Waals surface area (Å²) in [6.45, 7) is 14.0. The van der Waals surface area contributed by atoms with Crippen molar-refractivity contribution in [2.24, 2.45) is 0 Å². The van der Waals surface area contributed by atoms with Gasteiger partial charge in [0.15, 0.2) is 0 Å². The molecule has 2 atom stereocenters. The summed E-state index contributed by atoms with van der Waals surface area (Å²) in [5.74, 6) is 0.470. The molecule has 37 heavy (non-hydrogen) atoms. The van der Waals surface area contributed by atoms with E-state index in [0.29, 0.717) is 16.2 Å². The monoisotopic (exact) mass is 534 g/mol. The van der Waals surface area contributed by atoms with Crippen molar-refractivity contribution in [2.45, 2.75) is 73.4 Å². The Labute approximate surface area is 232 Å². The molecule has 1 fully saturated rings. The quantitative estimate of drug-likeness (QED) is 0.251. The molecule has 0 saturated carbocycles. The maximum atomic E-state index is 11.1. The Morgan fingerprint density at radius 1 is 0.730 bits per heavy atom. The van der Waals surface area contributed by atoms with Gasteiger partial charge in [-0.3, -0.25) is 9.80 Å². The van der Waals surface area contributed by atoms with Gasteiger partial charge in [-0.25, -0.2) is 0 Å². The fourth-order valence-electron chi connectivity index (χ4n) is 4.83. The van der Waals surface area contributed by atoms with Crippen LogP contribution in [0.15, 0.2) is 82.6 Å². The van der Waals surface area contributed by atoms with Crippen molar-refractivity contribution >= 4 is 23.5 Å². The molecule has 1 N–H and O–H groups in total. The summed E-state index contributed by atoms with van der Waals surface area (Å²) >= 11 is 3.61. The highest BCUT2D eigenvalue weighted by Gasteiger charge is 2.26. The van der Waals surface area contributed by atoms with Gasteiger partial charge in [0.25, 0.3) is 0 Å². The Bertz CT molecular complexity index is 1030. The third-order valence-electron chi connectivity index (χ3n) is 7.31. The SMILES string of the molecule is CCC(C)Sc1cc(CN2CCN(C(c3ccccc3)c3ccccc3)CC2)cc(SC(C)CC)c1O. The number of aromatic hydroxyl groups is 1. The number of nitrogens with zero attached hydrogens (tertiary/aromatic N) is 2. The van der Waals surface area contributed by atoms with Crippen molar-refractivity contribution < 1.29 is 5.11 Å². The Morgan fingerprint density at radius 3 is 1.62 bits per heavy atom. The zero-order valence-electron chi connectivity index (χ0n) is 22.8. The molecule has 0 spiro atoms. The van der Waals surface area contributed by atoms with Crippen molar-refractivity contribution in [3.8, 4) is 5.75 Å². The average molecular weight is 535 g/mol. The molecular weight excluding hydrogens is 492 g/mol. The molecule has 1 aliphatic heterocycles. The van der Waals surface area contributed by atoms with Crippen molar-refractivity contribution in [1.29, 1.82) is 0 Å². The molecule has 4 rings (SSSR count). The van der Waals surface area contributed by atoms with Gasteiger partial charge in [0, 0.05) is 43.2 Å². The van der Waals surface area contributed by atoms with Gasteiger partial charge in [0.2, 0.25) is 0 Å². The number of phenols is 1. The molecule has 0 aromatic heterocycles. The van der Waals surface area contributed by atoms with Crippen LogP contribution in [0.5, 0.6) is 5.75 Å². The van der Waals surface area contributed by atoms with E-state index >= 15 is 0 Å². The van der Waals surface area contributed by atoms with Gasteiger partial charge in [-0.2, -0.15) is 0 Å². The second kappa shape index (κ2) is 13.7. The van der Waals surface area contributed by atoms with E-state index < -0.39 is 0 Å². The topological polar surface area (TPSA) is 26.7 Å². The number of thioether (sulfide) groups is 2. The van der Waals surface area contributed by atoms with Crippen LogP contribution in [-0.4, -0.2) is 51.6 Å². The Balaban J connectivity index is 1.49. The third-order valence-corrected chi connectivity index (χ3v) is 9.92. The van der Waals surface area contributed by atoms with E-state index in [-0.39, 0.29) is 6.04 Å². The van der Waals surface area contributed by atoms with Crippen LogP contribution >= 0.6 is 23.5 Å². The van der Waals surface area contributed by atoms with Crippen LogP contribution in [-0.2, 0) is 6.54 Å².